The summed E-state index contributed by atoms with van der Waals surface area (Å²) in [5.74, 6) is -0.0971. The van der Waals surface area contributed by atoms with Gasteiger partial charge in [0.05, 0.1) is 17.9 Å². The fraction of sp³-hybridized carbons (Fsp3) is 0.214. The molecule has 0 fully saturated rings. The van der Waals surface area contributed by atoms with E-state index in [4.69, 9.17) is 0 Å². The maximum Gasteiger partial charge on any atom is 0.263 e. The van der Waals surface area contributed by atoms with Gasteiger partial charge in [-0.3, -0.25) is 9.89 Å². The van der Waals surface area contributed by atoms with Crippen LogP contribution in [0.1, 0.15) is 33.9 Å². The first-order valence-corrected chi connectivity index (χ1v) is 8.20. The maximum absolute atomic E-state index is 12.4. The molecule has 21 heavy (non-hydrogen) atoms. The molecule has 0 radical (unpaired) electrons. The summed E-state index contributed by atoms with van der Waals surface area (Å²) in [5.41, 5.74) is 2.77. The molecule has 108 valence electrons. The van der Waals surface area contributed by atoms with Gasteiger partial charge < -0.3 is 5.32 Å². The summed E-state index contributed by atoms with van der Waals surface area (Å²) in [6.45, 7) is 3.79. The molecular formula is C14H14N4OS2. The van der Waals surface area contributed by atoms with Crippen LogP contribution in [0.2, 0.25) is 0 Å². The van der Waals surface area contributed by atoms with Crippen molar-refractivity contribution in [1.29, 1.82) is 0 Å². The van der Waals surface area contributed by atoms with Crippen LogP contribution in [0.25, 0.3) is 10.6 Å². The van der Waals surface area contributed by atoms with E-state index in [9.17, 15) is 4.79 Å². The first kappa shape index (κ1) is 14.0. The number of nitrogens with one attached hydrogen (secondary N) is 2. The molecule has 0 saturated heterocycles. The molecule has 1 unspecified atom stereocenters. The third-order valence-electron chi connectivity index (χ3n) is 3.14. The van der Waals surface area contributed by atoms with E-state index in [0.717, 1.165) is 21.8 Å². The van der Waals surface area contributed by atoms with Gasteiger partial charge >= 0.3 is 0 Å². The molecule has 3 aromatic rings. The number of nitrogens with zero attached hydrogens (tertiary/aromatic N) is 2. The number of aryl methyl sites for hydroxylation is 1. The largest absolute Gasteiger partial charge is 0.345 e. The number of aromatic nitrogens is 3. The minimum absolute atomic E-state index is 0.0950. The number of amides is 1. The van der Waals surface area contributed by atoms with Crippen molar-refractivity contribution >= 4 is 28.6 Å². The second-order valence-corrected chi connectivity index (χ2v) is 6.45. The van der Waals surface area contributed by atoms with Crippen LogP contribution in [0.4, 0.5) is 0 Å². The van der Waals surface area contributed by atoms with Crippen LogP contribution in [0, 0.1) is 6.92 Å². The molecule has 7 heteroatoms. The highest BCUT2D eigenvalue weighted by Gasteiger charge is 2.18. The van der Waals surface area contributed by atoms with Crippen molar-refractivity contribution in [3.63, 3.8) is 0 Å². The highest BCUT2D eigenvalue weighted by Crippen LogP contribution is 2.29. The summed E-state index contributed by atoms with van der Waals surface area (Å²) < 4.78 is 0. The maximum atomic E-state index is 12.4. The molecule has 0 aliphatic carbocycles. The summed E-state index contributed by atoms with van der Waals surface area (Å²) >= 11 is 3.05. The van der Waals surface area contributed by atoms with E-state index in [-0.39, 0.29) is 11.9 Å². The fourth-order valence-corrected chi connectivity index (χ4v) is 3.64. The summed E-state index contributed by atoms with van der Waals surface area (Å²) in [6.07, 6.45) is 3.49. The van der Waals surface area contributed by atoms with Crippen LogP contribution < -0.4 is 5.32 Å². The Labute approximate surface area is 130 Å². The second kappa shape index (κ2) is 5.79. The van der Waals surface area contributed by atoms with E-state index in [2.05, 4.69) is 20.5 Å². The molecule has 0 aliphatic rings. The monoisotopic (exact) mass is 318 g/mol. The minimum atomic E-state index is -0.0971. The number of thiazole rings is 1. The molecular weight excluding hydrogens is 304 g/mol. The quantitative estimate of drug-likeness (QED) is 0.774. The zero-order valence-corrected chi connectivity index (χ0v) is 13.2. The zero-order chi connectivity index (χ0) is 14.8. The van der Waals surface area contributed by atoms with Crippen LogP contribution in [0.3, 0.4) is 0 Å². The SMILES string of the molecule is Cc1nc(-c2ccsc2)sc1C(=O)NC(C)c1cn[nH]c1. The van der Waals surface area contributed by atoms with Gasteiger partial charge in [-0.15, -0.1) is 11.3 Å². The molecule has 0 saturated carbocycles. The summed E-state index contributed by atoms with van der Waals surface area (Å²) in [7, 11) is 0. The molecule has 3 rings (SSSR count). The van der Waals surface area contributed by atoms with Crippen LogP contribution in [0.5, 0.6) is 0 Å². The third kappa shape index (κ3) is 2.88. The Balaban J connectivity index is 1.79. The van der Waals surface area contributed by atoms with Crippen molar-refractivity contribution in [2.45, 2.75) is 19.9 Å². The number of carbonyl (C=O) groups is 1. The predicted molar refractivity (Wildman–Crippen MR) is 84.6 cm³/mol. The van der Waals surface area contributed by atoms with Gasteiger partial charge in [-0.05, 0) is 25.3 Å². The Morgan fingerprint density at radius 3 is 3.00 bits per heavy atom. The average molecular weight is 318 g/mol. The Kier molecular flexibility index (Phi) is 3.85. The van der Waals surface area contributed by atoms with E-state index < -0.39 is 0 Å². The van der Waals surface area contributed by atoms with Gasteiger partial charge in [-0.1, -0.05) is 0 Å². The number of hydrogen-bond acceptors (Lipinski definition) is 5. The van der Waals surface area contributed by atoms with Crippen molar-refractivity contribution in [3.05, 3.63) is 45.4 Å². The van der Waals surface area contributed by atoms with Crippen molar-refractivity contribution in [3.8, 4) is 10.6 Å². The molecule has 0 bridgehead atoms. The molecule has 0 spiro atoms. The second-order valence-electron chi connectivity index (χ2n) is 4.67. The van der Waals surface area contributed by atoms with Crippen LogP contribution in [-0.2, 0) is 0 Å². The summed E-state index contributed by atoms with van der Waals surface area (Å²) in [5, 5.41) is 14.5. The van der Waals surface area contributed by atoms with Crippen LogP contribution in [-0.4, -0.2) is 21.1 Å². The zero-order valence-electron chi connectivity index (χ0n) is 11.6. The molecule has 0 aliphatic heterocycles. The minimum Gasteiger partial charge on any atom is -0.345 e. The van der Waals surface area contributed by atoms with E-state index in [1.165, 1.54) is 11.3 Å². The van der Waals surface area contributed by atoms with Gasteiger partial charge in [0.25, 0.3) is 5.91 Å². The highest BCUT2D eigenvalue weighted by atomic mass is 32.1. The molecule has 1 atom stereocenters. The molecule has 2 N–H and O–H groups in total. The lowest BCUT2D eigenvalue weighted by Crippen LogP contribution is -2.26. The van der Waals surface area contributed by atoms with Gasteiger partial charge in [0.2, 0.25) is 0 Å². The Morgan fingerprint density at radius 1 is 1.48 bits per heavy atom. The van der Waals surface area contributed by atoms with E-state index in [1.54, 1.807) is 23.7 Å². The number of hydrogen-bond donors (Lipinski definition) is 2. The van der Waals surface area contributed by atoms with Crippen LogP contribution >= 0.6 is 22.7 Å². The normalized spacial score (nSPS) is 12.3. The number of H-pyrrole nitrogens is 1. The smallest absolute Gasteiger partial charge is 0.263 e. The Morgan fingerprint density at radius 2 is 2.33 bits per heavy atom. The number of thiophene rings is 1. The van der Waals surface area contributed by atoms with Gasteiger partial charge in [0, 0.05) is 22.7 Å². The number of rotatable bonds is 4. The van der Waals surface area contributed by atoms with Gasteiger partial charge in [-0.25, -0.2) is 4.98 Å². The lowest BCUT2D eigenvalue weighted by atomic mass is 10.2. The van der Waals surface area contributed by atoms with Gasteiger partial charge in [0.15, 0.2) is 0 Å². The van der Waals surface area contributed by atoms with Crippen molar-refractivity contribution in [2.24, 2.45) is 0 Å². The summed E-state index contributed by atoms with van der Waals surface area (Å²) in [6, 6.07) is 1.92. The van der Waals surface area contributed by atoms with Crippen molar-refractivity contribution in [2.75, 3.05) is 0 Å². The third-order valence-corrected chi connectivity index (χ3v) is 5.03. The predicted octanol–water partition coefficient (Wildman–Crippen LogP) is 3.39. The molecule has 5 nitrogen and oxygen atoms in total. The highest BCUT2D eigenvalue weighted by molar-refractivity contribution is 7.17. The van der Waals surface area contributed by atoms with E-state index in [0.29, 0.717) is 4.88 Å². The number of carbonyl (C=O) groups excluding carboxylic acids is 1. The molecule has 3 aromatic heterocycles. The van der Waals surface area contributed by atoms with Crippen LogP contribution in [0.15, 0.2) is 29.2 Å². The van der Waals surface area contributed by atoms with Crippen molar-refractivity contribution in [1.82, 2.24) is 20.5 Å². The Bertz CT molecular complexity index is 731. The van der Waals surface area contributed by atoms with Gasteiger partial charge in [-0.2, -0.15) is 16.4 Å². The first-order valence-electron chi connectivity index (χ1n) is 6.44. The fourth-order valence-electron chi connectivity index (χ4n) is 1.96. The standard InChI is InChI=1S/C14H14N4OS2/c1-8(11-5-15-16-6-11)17-13(19)12-9(2)18-14(21-12)10-3-4-20-7-10/h3-8H,1-2H3,(H,15,16)(H,17,19). The van der Waals surface area contributed by atoms with Gasteiger partial charge in [0.1, 0.15) is 9.88 Å². The lowest BCUT2D eigenvalue weighted by Gasteiger charge is -2.11. The molecule has 0 aromatic carbocycles. The van der Waals surface area contributed by atoms with E-state index in [1.807, 2.05) is 30.7 Å². The number of aromatic amines is 1. The molecule has 1 amide bonds. The Hall–Kier alpha value is -1.99. The van der Waals surface area contributed by atoms with E-state index >= 15 is 0 Å². The average Bonchev–Trinajstić information content (AvgIpc) is 3.20. The topological polar surface area (TPSA) is 70.7 Å². The lowest BCUT2D eigenvalue weighted by molar-refractivity contribution is 0.0943. The summed E-state index contributed by atoms with van der Waals surface area (Å²) in [4.78, 5) is 17.5. The first-order chi connectivity index (χ1) is 10.1. The van der Waals surface area contributed by atoms with Crippen molar-refractivity contribution < 1.29 is 4.79 Å². The molecule has 3 heterocycles.